The van der Waals surface area contributed by atoms with E-state index in [0.29, 0.717) is 4.90 Å². The second-order valence-corrected chi connectivity index (χ2v) is 9.43. The number of sulfonamides is 1. The maximum Gasteiger partial charge on any atom is 0.264 e. The van der Waals surface area contributed by atoms with E-state index in [2.05, 4.69) is 13.8 Å². The Morgan fingerprint density at radius 3 is 2.68 bits per heavy atom. The van der Waals surface area contributed by atoms with E-state index in [-0.39, 0.29) is 11.6 Å². The number of rotatable bonds is 2. The lowest BCUT2D eigenvalue weighted by Crippen LogP contribution is -2.36. The molecule has 0 aliphatic carbocycles. The second-order valence-electron chi connectivity index (χ2n) is 7.61. The van der Waals surface area contributed by atoms with Crippen molar-refractivity contribution in [3.63, 3.8) is 0 Å². The Bertz CT molecular complexity index is 934. The molecule has 0 bridgehead atoms. The summed E-state index contributed by atoms with van der Waals surface area (Å²) < 4.78 is 34.2. The van der Waals surface area contributed by atoms with E-state index < -0.39 is 10.0 Å². The summed E-state index contributed by atoms with van der Waals surface area (Å²) in [5, 5.41) is 0. The van der Waals surface area contributed by atoms with Crippen LogP contribution in [-0.4, -0.2) is 20.1 Å². The molecule has 0 N–H and O–H groups in total. The Kier molecular flexibility index (Phi) is 3.62. The number of aryl methyl sites for hydroxylation is 1. The molecule has 1 atom stereocenters. The van der Waals surface area contributed by atoms with Crippen LogP contribution in [0, 0.1) is 0 Å². The van der Waals surface area contributed by atoms with Gasteiger partial charge >= 0.3 is 0 Å². The molecule has 2 aliphatic heterocycles. The van der Waals surface area contributed by atoms with Crippen LogP contribution in [0.15, 0.2) is 47.4 Å². The first kappa shape index (κ1) is 16.5. The van der Waals surface area contributed by atoms with E-state index in [9.17, 15) is 8.42 Å². The maximum absolute atomic E-state index is 13.3. The average molecular weight is 357 g/mol. The van der Waals surface area contributed by atoms with Crippen LogP contribution in [0.5, 0.6) is 5.75 Å². The molecular formula is C20H23NO3S. The van der Waals surface area contributed by atoms with Crippen LogP contribution in [0.25, 0.3) is 0 Å². The van der Waals surface area contributed by atoms with Gasteiger partial charge in [0.15, 0.2) is 0 Å². The molecule has 0 fully saturated rings. The van der Waals surface area contributed by atoms with Gasteiger partial charge in [0.05, 0.1) is 10.6 Å². The van der Waals surface area contributed by atoms with Crippen molar-refractivity contribution in [2.75, 3.05) is 4.31 Å². The molecule has 2 aromatic carbocycles. The number of fused-ring (bicyclic) bond motifs is 2. The van der Waals surface area contributed by atoms with Gasteiger partial charge in [-0.3, -0.25) is 4.31 Å². The first-order valence-corrected chi connectivity index (χ1v) is 10.2. The molecule has 132 valence electrons. The van der Waals surface area contributed by atoms with Crippen molar-refractivity contribution >= 4 is 15.7 Å². The number of nitrogens with zero attached hydrogens (tertiary/aromatic N) is 1. The van der Waals surface area contributed by atoms with Crippen molar-refractivity contribution in [3.8, 4) is 5.75 Å². The molecule has 0 saturated heterocycles. The fraction of sp³-hybridized carbons (Fsp3) is 0.400. The Labute approximate surface area is 149 Å². The number of anilines is 1. The van der Waals surface area contributed by atoms with Crippen LogP contribution in [0.3, 0.4) is 0 Å². The molecule has 0 amide bonds. The summed E-state index contributed by atoms with van der Waals surface area (Å²) in [5.41, 5.74) is 2.66. The zero-order valence-electron chi connectivity index (χ0n) is 14.8. The number of ether oxygens (including phenoxy) is 1. The van der Waals surface area contributed by atoms with Crippen LogP contribution in [0.2, 0.25) is 0 Å². The average Bonchev–Trinajstić information content (AvgIpc) is 2.89. The summed E-state index contributed by atoms with van der Waals surface area (Å²) in [6, 6.07) is 12.9. The normalized spacial score (nSPS) is 21.4. The number of hydrogen-bond donors (Lipinski definition) is 0. The number of para-hydroxylation sites is 1. The van der Waals surface area contributed by atoms with E-state index >= 15 is 0 Å². The van der Waals surface area contributed by atoms with Gasteiger partial charge in [0, 0.05) is 6.04 Å². The lowest BCUT2D eigenvalue weighted by atomic mass is 9.94. The summed E-state index contributed by atoms with van der Waals surface area (Å²) in [6.45, 7) is 6.08. The van der Waals surface area contributed by atoms with Crippen LogP contribution in [0.4, 0.5) is 5.69 Å². The van der Waals surface area contributed by atoms with Crippen LogP contribution in [-0.2, 0) is 22.9 Å². The van der Waals surface area contributed by atoms with Gasteiger partial charge in [-0.25, -0.2) is 8.42 Å². The highest BCUT2D eigenvalue weighted by Gasteiger charge is 2.36. The smallest absolute Gasteiger partial charge is 0.264 e. The molecule has 0 saturated carbocycles. The molecule has 2 aromatic rings. The lowest BCUT2D eigenvalue weighted by Gasteiger charge is -2.33. The van der Waals surface area contributed by atoms with E-state index in [4.69, 9.17) is 4.74 Å². The van der Waals surface area contributed by atoms with Gasteiger partial charge in [-0.2, -0.15) is 0 Å². The first-order valence-electron chi connectivity index (χ1n) is 8.72. The molecule has 0 spiro atoms. The predicted molar refractivity (Wildman–Crippen MR) is 98.7 cm³/mol. The highest BCUT2D eigenvalue weighted by molar-refractivity contribution is 7.92. The first-order chi connectivity index (χ1) is 11.8. The predicted octanol–water partition coefficient (Wildman–Crippen LogP) is 3.93. The summed E-state index contributed by atoms with van der Waals surface area (Å²) in [6.07, 6.45) is 2.46. The zero-order chi connectivity index (χ0) is 17.8. The van der Waals surface area contributed by atoms with Gasteiger partial charge in [0.25, 0.3) is 10.0 Å². The van der Waals surface area contributed by atoms with Gasteiger partial charge in [-0.05, 0) is 75.4 Å². The van der Waals surface area contributed by atoms with Crippen molar-refractivity contribution in [3.05, 3.63) is 53.6 Å². The zero-order valence-corrected chi connectivity index (χ0v) is 15.6. The Hall–Kier alpha value is -2.01. The van der Waals surface area contributed by atoms with E-state index in [1.807, 2.05) is 31.2 Å². The highest BCUT2D eigenvalue weighted by atomic mass is 32.2. The van der Waals surface area contributed by atoms with Crippen molar-refractivity contribution < 1.29 is 13.2 Å². The number of hydrogen-bond acceptors (Lipinski definition) is 3. The molecule has 4 nitrogen and oxygen atoms in total. The fourth-order valence-electron chi connectivity index (χ4n) is 3.81. The Morgan fingerprint density at radius 2 is 1.88 bits per heavy atom. The second kappa shape index (κ2) is 5.49. The third-order valence-electron chi connectivity index (χ3n) is 5.12. The minimum atomic E-state index is -3.59. The topological polar surface area (TPSA) is 46.6 Å². The quantitative estimate of drug-likeness (QED) is 0.818. The molecule has 2 aliphatic rings. The molecule has 4 rings (SSSR count). The molecule has 0 radical (unpaired) electrons. The summed E-state index contributed by atoms with van der Waals surface area (Å²) in [4.78, 5) is 0.345. The Morgan fingerprint density at radius 1 is 1.12 bits per heavy atom. The lowest BCUT2D eigenvalue weighted by molar-refractivity contribution is 0.0845. The summed E-state index contributed by atoms with van der Waals surface area (Å²) in [5.74, 6) is 0.796. The maximum atomic E-state index is 13.3. The molecular weight excluding hydrogens is 334 g/mol. The van der Waals surface area contributed by atoms with Gasteiger partial charge in [-0.15, -0.1) is 0 Å². The van der Waals surface area contributed by atoms with E-state index in [0.717, 1.165) is 41.8 Å². The van der Waals surface area contributed by atoms with Crippen LogP contribution < -0.4 is 9.04 Å². The van der Waals surface area contributed by atoms with Crippen molar-refractivity contribution in [1.29, 1.82) is 0 Å². The molecule has 2 heterocycles. The third-order valence-corrected chi connectivity index (χ3v) is 7.04. The SMILES string of the molecule is C[C@H]1Cc2ccccc2N1S(=O)(=O)c1ccc2c(c1)CCC(C)(C)O2. The molecule has 5 heteroatoms. The van der Waals surface area contributed by atoms with Crippen LogP contribution >= 0.6 is 0 Å². The monoisotopic (exact) mass is 357 g/mol. The third kappa shape index (κ3) is 2.71. The highest BCUT2D eigenvalue weighted by Crippen LogP contribution is 2.39. The van der Waals surface area contributed by atoms with Gasteiger partial charge in [0.2, 0.25) is 0 Å². The van der Waals surface area contributed by atoms with E-state index in [1.54, 1.807) is 22.5 Å². The Balaban J connectivity index is 1.75. The summed E-state index contributed by atoms with van der Waals surface area (Å²) in [7, 11) is -3.59. The fourth-order valence-corrected chi connectivity index (χ4v) is 5.56. The largest absolute Gasteiger partial charge is 0.488 e. The minimum Gasteiger partial charge on any atom is -0.488 e. The van der Waals surface area contributed by atoms with Gasteiger partial charge < -0.3 is 4.74 Å². The molecule has 0 unspecified atom stereocenters. The van der Waals surface area contributed by atoms with Gasteiger partial charge in [-0.1, -0.05) is 18.2 Å². The van der Waals surface area contributed by atoms with Crippen LogP contribution in [0.1, 0.15) is 38.3 Å². The van der Waals surface area contributed by atoms with Crippen molar-refractivity contribution in [2.24, 2.45) is 0 Å². The molecule has 0 aromatic heterocycles. The summed E-state index contributed by atoms with van der Waals surface area (Å²) >= 11 is 0. The molecule has 25 heavy (non-hydrogen) atoms. The van der Waals surface area contributed by atoms with E-state index in [1.165, 1.54) is 0 Å². The minimum absolute atomic E-state index is 0.0754. The standard InChI is InChI=1S/C20H23NO3S/c1-14-12-15-6-4-5-7-18(15)21(14)25(22,23)17-8-9-19-16(13-17)10-11-20(2,3)24-19/h4-9,13-14H,10-12H2,1-3H3/t14-/m0/s1. The van der Waals surface area contributed by atoms with Gasteiger partial charge in [0.1, 0.15) is 11.4 Å². The van der Waals surface area contributed by atoms with Crippen molar-refractivity contribution in [2.45, 2.75) is 56.6 Å². The van der Waals surface area contributed by atoms with Crippen molar-refractivity contribution in [1.82, 2.24) is 0 Å². The number of benzene rings is 2.